The molecule has 3 aromatic heterocycles. The summed E-state index contributed by atoms with van der Waals surface area (Å²) in [5.74, 6) is 2.32. The summed E-state index contributed by atoms with van der Waals surface area (Å²) in [7, 11) is 1.68. The van der Waals surface area contributed by atoms with Gasteiger partial charge in [0.25, 0.3) is 0 Å². The topological polar surface area (TPSA) is 81.0 Å². The van der Waals surface area contributed by atoms with Gasteiger partial charge >= 0.3 is 6.09 Å². The van der Waals surface area contributed by atoms with Crippen molar-refractivity contribution in [3.63, 3.8) is 0 Å². The summed E-state index contributed by atoms with van der Waals surface area (Å²) in [6.45, 7) is 9.35. The quantitative estimate of drug-likeness (QED) is 0.546. The molecule has 5 rings (SSSR count). The second-order valence-corrected chi connectivity index (χ2v) is 11.0. The highest BCUT2D eigenvalue weighted by atomic mass is 16.6. The van der Waals surface area contributed by atoms with E-state index in [1.165, 1.54) is 18.4 Å². The van der Waals surface area contributed by atoms with Crippen LogP contribution in [-0.4, -0.2) is 52.0 Å². The number of aromatic nitrogens is 3. The Kier molecular flexibility index (Phi) is 5.85. The molecule has 8 heteroatoms. The van der Waals surface area contributed by atoms with Gasteiger partial charge in [-0.25, -0.2) is 14.3 Å². The molecule has 35 heavy (non-hydrogen) atoms. The van der Waals surface area contributed by atoms with Crippen molar-refractivity contribution in [1.82, 2.24) is 19.9 Å². The minimum absolute atomic E-state index is 0.286. The van der Waals surface area contributed by atoms with Crippen molar-refractivity contribution in [1.29, 1.82) is 0 Å². The van der Waals surface area contributed by atoms with Crippen LogP contribution >= 0.6 is 0 Å². The van der Waals surface area contributed by atoms with Crippen molar-refractivity contribution < 1.29 is 14.3 Å². The van der Waals surface area contributed by atoms with E-state index in [1.54, 1.807) is 7.11 Å². The number of rotatable bonds is 5. The van der Waals surface area contributed by atoms with Gasteiger partial charge in [-0.15, -0.1) is 0 Å². The minimum atomic E-state index is -0.502. The Morgan fingerprint density at radius 2 is 1.91 bits per heavy atom. The number of alkyl carbamates (subject to hydrolysis) is 1. The Labute approximate surface area is 206 Å². The van der Waals surface area contributed by atoms with Crippen LogP contribution < -0.4 is 15.0 Å². The molecule has 1 saturated carbocycles. The number of amides is 1. The van der Waals surface area contributed by atoms with E-state index in [9.17, 15) is 4.79 Å². The molecule has 2 fully saturated rings. The van der Waals surface area contributed by atoms with E-state index in [0.717, 1.165) is 54.1 Å². The third-order valence-electron chi connectivity index (χ3n) is 6.92. The highest BCUT2D eigenvalue weighted by Crippen LogP contribution is 2.44. The fraction of sp³-hybridized carbons (Fsp3) is 0.519. The molecule has 1 amide bonds. The Morgan fingerprint density at radius 1 is 1.17 bits per heavy atom. The molecule has 0 radical (unpaired) electrons. The molecular formula is C27H35N5O3. The van der Waals surface area contributed by atoms with Gasteiger partial charge in [-0.3, -0.25) is 0 Å². The highest BCUT2D eigenvalue weighted by Gasteiger charge is 2.33. The summed E-state index contributed by atoms with van der Waals surface area (Å²) < 4.78 is 12.9. The molecule has 1 aliphatic heterocycles. The van der Waals surface area contributed by atoms with Crippen molar-refractivity contribution in [2.24, 2.45) is 0 Å². The maximum atomic E-state index is 12.3. The summed E-state index contributed by atoms with van der Waals surface area (Å²) in [6.07, 6.45) is 9.61. The first-order valence-corrected chi connectivity index (χ1v) is 12.4. The molecule has 2 aliphatic rings. The Morgan fingerprint density at radius 3 is 2.51 bits per heavy atom. The summed E-state index contributed by atoms with van der Waals surface area (Å²) in [6, 6.07) is 6.30. The summed E-state index contributed by atoms with van der Waals surface area (Å²) in [5.41, 5.74) is 3.80. The van der Waals surface area contributed by atoms with E-state index in [0.29, 0.717) is 5.92 Å². The van der Waals surface area contributed by atoms with Crippen molar-refractivity contribution in [2.45, 2.75) is 70.4 Å². The van der Waals surface area contributed by atoms with Crippen LogP contribution in [0.25, 0.3) is 16.6 Å². The van der Waals surface area contributed by atoms with Gasteiger partial charge in [0.05, 0.1) is 25.0 Å². The predicted molar refractivity (Wildman–Crippen MR) is 136 cm³/mol. The van der Waals surface area contributed by atoms with Crippen LogP contribution in [0.5, 0.6) is 5.75 Å². The molecule has 8 nitrogen and oxygen atoms in total. The highest BCUT2D eigenvalue weighted by molar-refractivity contribution is 5.84. The molecule has 0 unspecified atom stereocenters. The smallest absolute Gasteiger partial charge is 0.408 e. The summed E-state index contributed by atoms with van der Waals surface area (Å²) in [4.78, 5) is 19.4. The zero-order chi connectivity index (χ0) is 24.8. The second kappa shape index (κ2) is 8.73. The second-order valence-electron chi connectivity index (χ2n) is 11.0. The van der Waals surface area contributed by atoms with E-state index in [4.69, 9.17) is 14.5 Å². The van der Waals surface area contributed by atoms with E-state index in [-0.39, 0.29) is 11.6 Å². The molecule has 1 aliphatic carbocycles. The lowest BCUT2D eigenvalue weighted by Gasteiger charge is -2.40. The van der Waals surface area contributed by atoms with Crippen molar-refractivity contribution in [3.05, 3.63) is 42.4 Å². The number of pyridine rings is 2. The van der Waals surface area contributed by atoms with E-state index in [2.05, 4.69) is 40.4 Å². The zero-order valence-electron chi connectivity index (χ0n) is 21.3. The first-order chi connectivity index (χ1) is 16.6. The number of nitrogens with zero attached hydrogens (tertiary/aromatic N) is 4. The van der Waals surface area contributed by atoms with Crippen LogP contribution in [-0.2, 0) is 4.74 Å². The molecule has 0 spiro atoms. The third-order valence-corrected chi connectivity index (χ3v) is 6.92. The number of methoxy groups -OCH3 is 1. The number of carbonyl (C=O) groups is 1. The van der Waals surface area contributed by atoms with Crippen molar-refractivity contribution in [3.8, 4) is 16.9 Å². The Balaban J connectivity index is 1.31. The maximum absolute atomic E-state index is 12.3. The average Bonchev–Trinajstić information content (AvgIpc) is 3.56. The molecule has 4 heterocycles. The lowest BCUT2D eigenvalue weighted by Crippen LogP contribution is -2.54. The maximum Gasteiger partial charge on any atom is 0.408 e. The number of ether oxygens (including phenoxy) is 2. The van der Waals surface area contributed by atoms with Gasteiger partial charge in [0, 0.05) is 41.5 Å². The largest absolute Gasteiger partial charge is 0.495 e. The van der Waals surface area contributed by atoms with Gasteiger partial charge in [-0.1, -0.05) is 0 Å². The van der Waals surface area contributed by atoms with Gasteiger partial charge in [0.1, 0.15) is 17.2 Å². The SMILES string of the molecule is COc1cc(-c2ccc(N3CCC(C)(NC(=O)OC(C)(C)C)CC3)nc2)c2c(C3CC3)cnn2c1. The molecule has 0 bridgehead atoms. The van der Waals surface area contributed by atoms with E-state index >= 15 is 0 Å². The van der Waals surface area contributed by atoms with Gasteiger partial charge < -0.3 is 19.7 Å². The van der Waals surface area contributed by atoms with Crippen molar-refractivity contribution >= 4 is 17.4 Å². The monoisotopic (exact) mass is 477 g/mol. The molecule has 1 N–H and O–H groups in total. The van der Waals surface area contributed by atoms with Gasteiger partial charge in [0.2, 0.25) is 0 Å². The number of hydrogen-bond donors (Lipinski definition) is 1. The van der Waals surface area contributed by atoms with Crippen LogP contribution in [0.15, 0.2) is 36.8 Å². The first kappa shape index (κ1) is 23.5. The number of fused-ring (bicyclic) bond motifs is 1. The number of anilines is 1. The molecule has 0 aromatic carbocycles. The van der Waals surface area contributed by atoms with Crippen LogP contribution in [0, 0.1) is 0 Å². The Hall–Kier alpha value is -3.29. The molecule has 3 aromatic rings. The molecule has 186 valence electrons. The fourth-order valence-corrected chi connectivity index (χ4v) is 4.78. The normalized spacial score (nSPS) is 17.9. The molecule has 0 atom stereocenters. The van der Waals surface area contributed by atoms with Crippen LogP contribution in [0.2, 0.25) is 0 Å². The van der Waals surface area contributed by atoms with Gasteiger partial charge in [0.15, 0.2) is 0 Å². The standard InChI is InChI=1S/C27H35N5O3/c1-26(2,3)35-25(33)30-27(4)10-12-31(13-11-27)23-9-8-19(15-28-23)21-14-20(34-5)17-32-24(21)22(16-29-32)18-6-7-18/h8-9,14-18H,6-7,10-13H2,1-5H3,(H,30,33). The van der Waals surface area contributed by atoms with Gasteiger partial charge in [-0.2, -0.15) is 5.10 Å². The molecular weight excluding hydrogens is 442 g/mol. The zero-order valence-corrected chi connectivity index (χ0v) is 21.3. The van der Waals surface area contributed by atoms with Crippen molar-refractivity contribution in [2.75, 3.05) is 25.1 Å². The number of carbonyl (C=O) groups excluding carboxylic acids is 1. The van der Waals surface area contributed by atoms with Gasteiger partial charge in [-0.05, 0) is 77.5 Å². The summed E-state index contributed by atoms with van der Waals surface area (Å²) >= 11 is 0. The minimum Gasteiger partial charge on any atom is -0.495 e. The number of piperidine rings is 1. The lowest BCUT2D eigenvalue weighted by atomic mass is 9.90. The number of nitrogens with one attached hydrogen (secondary N) is 1. The van der Waals surface area contributed by atoms with E-state index < -0.39 is 5.60 Å². The van der Waals surface area contributed by atoms with Crippen LogP contribution in [0.4, 0.5) is 10.6 Å². The first-order valence-electron chi connectivity index (χ1n) is 12.4. The predicted octanol–water partition coefficient (Wildman–Crippen LogP) is 5.17. The third kappa shape index (κ3) is 5.06. The summed E-state index contributed by atoms with van der Waals surface area (Å²) in [5, 5.41) is 7.66. The number of hydrogen-bond acceptors (Lipinski definition) is 6. The lowest BCUT2D eigenvalue weighted by molar-refractivity contribution is 0.0448. The Bertz CT molecular complexity index is 1220. The van der Waals surface area contributed by atoms with Crippen LogP contribution in [0.3, 0.4) is 0 Å². The van der Waals surface area contributed by atoms with E-state index in [1.807, 2.05) is 43.9 Å². The fourth-order valence-electron chi connectivity index (χ4n) is 4.78. The van der Waals surface area contributed by atoms with Crippen LogP contribution in [0.1, 0.15) is 64.9 Å². The molecule has 1 saturated heterocycles. The average molecular weight is 478 g/mol.